The standard InChI is InChI=1S/C17H15FN2O3/c18-14-3-1-2-4-16(14)23-10-9-20-8-7-12-5-6-13(11-15(12)20)17(21)19-22/h1-8,11,22H,9-10H2,(H,19,21). The van der Waals surface area contributed by atoms with Crippen molar-refractivity contribution in [3.63, 3.8) is 0 Å². The summed E-state index contributed by atoms with van der Waals surface area (Å²) < 4.78 is 20.8. The van der Waals surface area contributed by atoms with Crippen LogP contribution in [0.3, 0.4) is 0 Å². The van der Waals surface area contributed by atoms with Gasteiger partial charge in [-0.25, -0.2) is 9.87 Å². The smallest absolute Gasteiger partial charge is 0.274 e. The molecule has 1 aromatic heterocycles. The van der Waals surface area contributed by atoms with E-state index < -0.39 is 11.7 Å². The maximum Gasteiger partial charge on any atom is 0.274 e. The lowest BCUT2D eigenvalue weighted by molar-refractivity contribution is 0.0706. The molecule has 0 saturated heterocycles. The zero-order valence-electron chi connectivity index (χ0n) is 12.2. The van der Waals surface area contributed by atoms with Crippen LogP contribution in [0.4, 0.5) is 4.39 Å². The van der Waals surface area contributed by atoms with Gasteiger partial charge in [-0.1, -0.05) is 18.2 Å². The number of rotatable bonds is 5. The molecule has 0 bridgehead atoms. The van der Waals surface area contributed by atoms with Crippen LogP contribution in [0.1, 0.15) is 10.4 Å². The first kappa shape index (κ1) is 15.1. The first-order valence-corrected chi connectivity index (χ1v) is 7.09. The van der Waals surface area contributed by atoms with Gasteiger partial charge in [0.1, 0.15) is 6.61 Å². The quantitative estimate of drug-likeness (QED) is 0.562. The SMILES string of the molecule is O=C(NO)c1ccc2ccn(CCOc3ccccc3F)c2c1. The monoisotopic (exact) mass is 314 g/mol. The largest absolute Gasteiger partial charge is 0.489 e. The van der Waals surface area contributed by atoms with E-state index in [4.69, 9.17) is 9.94 Å². The predicted octanol–water partition coefficient (Wildman–Crippen LogP) is 2.98. The Morgan fingerprint density at radius 3 is 2.83 bits per heavy atom. The highest BCUT2D eigenvalue weighted by Crippen LogP contribution is 2.19. The average Bonchev–Trinajstić information content (AvgIpc) is 2.98. The van der Waals surface area contributed by atoms with Crippen LogP contribution in [0.5, 0.6) is 5.75 Å². The molecule has 23 heavy (non-hydrogen) atoms. The summed E-state index contributed by atoms with van der Waals surface area (Å²) in [7, 11) is 0. The summed E-state index contributed by atoms with van der Waals surface area (Å²) in [5.74, 6) is -0.752. The van der Waals surface area contributed by atoms with Crippen molar-refractivity contribution in [2.24, 2.45) is 0 Å². The number of hydrogen-bond acceptors (Lipinski definition) is 3. The number of hydroxylamine groups is 1. The summed E-state index contributed by atoms with van der Waals surface area (Å²) in [6.07, 6.45) is 1.87. The van der Waals surface area contributed by atoms with Crippen molar-refractivity contribution >= 4 is 16.8 Å². The first-order chi connectivity index (χ1) is 11.2. The number of carbonyl (C=O) groups excluding carboxylic acids is 1. The van der Waals surface area contributed by atoms with Gasteiger partial charge in [-0.15, -0.1) is 0 Å². The lowest BCUT2D eigenvalue weighted by atomic mass is 10.1. The van der Waals surface area contributed by atoms with Crippen molar-refractivity contribution in [3.05, 3.63) is 66.1 Å². The Labute approximate surface area is 131 Å². The Kier molecular flexibility index (Phi) is 4.25. The maximum absolute atomic E-state index is 13.5. The van der Waals surface area contributed by atoms with E-state index in [-0.39, 0.29) is 5.75 Å². The third-order valence-corrected chi connectivity index (χ3v) is 3.56. The van der Waals surface area contributed by atoms with Gasteiger partial charge < -0.3 is 9.30 Å². The Bertz CT molecular complexity index is 845. The molecular formula is C17H15FN2O3. The Hall–Kier alpha value is -2.86. The average molecular weight is 314 g/mol. The molecular weight excluding hydrogens is 299 g/mol. The molecule has 0 aliphatic carbocycles. The Morgan fingerprint density at radius 1 is 1.22 bits per heavy atom. The van der Waals surface area contributed by atoms with E-state index in [1.807, 2.05) is 16.8 Å². The second-order valence-corrected chi connectivity index (χ2v) is 5.00. The van der Waals surface area contributed by atoms with Crippen LogP contribution in [0.2, 0.25) is 0 Å². The van der Waals surface area contributed by atoms with Gasteiger partial charge in [0, 0.05) is 17.3 Å². The molecule has 0 aliphatic heterocycles. The molecule has 1 heterocycles. The highest BCUT2D eigenvalue weighted by Gasteiger charge is 2.08. The predicted molar refractivity (Wildman–Crippen MR) is 83.1 cm³/mol. The highest BCUT2D eigenvalue weighted by molar-refractivity contribution is 5.97. The lowest BCUT2D eigenvalue weighted by Gasteiger charge is -2.09. The van der Waals surface area contributed by atoms with Gasteiger partial charge in [-0.2, -0.15) is 0 Å². The second kappa shape index (κ2) is 6.50. The molecule has 0 atom stereocenters. The molecule has 2 N–H and O–H groups in total. The third kappa shape index (κ3) is 3.17. The lowest BCUT2D eigenvalue weighted by Crippen LogP contribution is -2.18. The Morgan fingerprint density at radius 2 is 2.04 bits per heavy atom. The summed E-state index contributed by atoms with van der Waals surface area (Å²) in [4.78, 5) is 11.5. The van der Waals surface area contributed by atoms with E-state index in [1.54, 1.807) is 41.9 Å². The van der Waals surface area contributed by atoms with Gasteiger partial charge in [-0.3, -0.25) is 10.0 Å². The molecule has 0 unspecified atom stereocenters. The van der Waals surface area contributed by atoms with Crippen molar-refractivity contribution in [1.82, 2.24) is 10.0 Å². The van der Waals surface area contributed by atoms with Crippen molar-refractivity contribution in [3.8, 4) is 5.75 Å². The van der Waals surface area contributed by atoms with Crippen LogP contribution in [-0.4, -0.2) is 22.3 Å². The summed E-state index contributed by atoms with van der Waals surface area (Å²) in [6, 6.07) is 13.3. The summed E-state index contributed by atoms with van der Waals surface area (Å²) >= 11 is 0. The molecule has 6 heteroatoms. The van der Waals surface area contributed by atoms with Gasteiger partial charge in [-0.05, 0) is 35.7 Å². The van der Waals surface area contributed by atoms with E-state index in [9.17, 15) is 9.18 Å². The number of fused-ring (bicyclic) bond motifs is 1. The minimum absolute atomic E-state index is 0.212. The molecule has 2 aromatic carbocycles. The molecule has 5 nitrogen and oxygen atoms in total. The number of amides is 1. The fourth-order valence-corrected chi connectivity index (χ4v) is 2.40. The number of nitrogens with zero attached hydrogens (tertiary/aromatic N) is 1. The molecule has 0 spiro atoms. The second-order valence-electron chi connectivity index (χ2n) is 5.00. The number of aromatic nitrogens is 1. The third-order valence-electron chi connectivity index (χ3n) is 3.56. The zero-order chi connectivity index (χ0) is 16.2. The van der Waals surface area contributed by atoms with Gasteiger partial charge in [0.2, 0.25) is 0 Å². The Balaban J connectivity index is 1.75. The molecule has 1 amide bonds. The van der Waals surface area contributed by atoms with Crippen LogP contribution in [0.15, 0.2) is 54.7 Å². The van der Waals surface area contributed by atoms with Gasteiger partial charge >= 0.3 is 0 Å². The summed E-state index contributed by atoms with van der Waals surface area (Å²) in [5, 5.41) is 9.68. The van der Waals surface area contributed by atoms with Crippen LogP contribution < -0.4 is 10.2 Å². The van der Waals surface area contributed by atoms with Gasteiger partial charge in [0.25, 0.3) is 5.91 Å². The summed E-state index contributed by atoms with van der Waals surface area (Å²) in [6.45, 7) is 0.795. The molecule has 0 fully saturated rings. The van der Waals surface area contributed by atoms with Crippen LogP contribution >= 0.6 is 0 Å². The summed E-state index contributed by atoms with van der Waals surface area (Å²) in [5.41, 5.74) is 2.81. The molecule has 3 rings (SSSR count). The molecule has 0 aliphatic rings. The minimum Gasteiger partial charge on any atom is -0.489 e. The maximum atomic E-state index is 13.5. The van der Waals surface area contributed by atoms with Crippen LogP contribution in [-0.2, 0) is 6.54 Å². The number of carbonyl (C=O) groups is 1. The fraction of sp³-hybridized carbons (Fsp3) is 0.118. The van der Waals surface area contributed by atoms with Gasteiger partial charge in [0.15, 0.2) is 11.6 Å². The van der Waals surface area contributed by atoms with E-state index in [0.717, 1.165) is 10.9 Å². The van der Waals surface area contributed by atoms with Crippen LogP contribution in [0, 0.1) is 5.82 Å². The number of ether oxygens (including phenoxy) is 1. The highest BCUT2D eigenvalue weighted by atomic mass is 19.1. The van der Waals surface area contributed by atoms with E-state index >= 15 is 0 Å². The zero-order valence-corrected chi connectivity index (χ0v) is 12.2. The first-order valence-electron chi connectivity index (χ1n) is 7.09. The molecule has 0 radical (unpaired) electrons. The molecule has 3 aromatic rings. The van der Waals surface area contributed by atoms with E-state index in [0.29, 0.717) is 18.7 Å². The van der Waals surface area contributed by atoms with Crippen molar-refractivity contribution in [2.75, 3.05) is 6.61 Å². The van der Waals surface area contributed by atoms with Crippen molar-refractivity contribution in [1.29, 1.82) is 0 Å². The number of halogens is 1. The van der Waals surface area contributed by atoms with Crippen molar-refractivity contribution in [2.45, 2.75) is 6.54 Å². The molecule has 118 valence electrons. The molecule has 0 saturated carbocycles. The van der Waals surface area contributed by atoms with E-state index in [2.05, 4.69) is 0 Å². The van der Waals surface area contributed by atoms with Gasteiger partial charge in [0.05, 0.1) is 6.54 Å². The van der Waals surface area contributed by atoms with E-state index in [1.165, 1.54) is 6.07 Å². The minimum atomic E-state index is -0.567. The fourth-order valence-electron chi connectivity index (χ4n) is 2.40. The van der Waals surface area contributed by atoms with Crippen LogP contribution in [0.25, 0.3) is 10.9 Å². The number of para-hydroxylation sites is 1. The number of benzene rings is 2. The normalized spacial score (nSPS) is 10.7. The number of nitrogens with one attached hydrogen (secondary N) is 1. The number of hydrogen-bond donors (Lipinski definition) is 2. The van der Waals surface area contributed by atoms with Crippen molar-refractivity contribution < 1.29 is 19.1 Å². The topological polar surface area (TPSA) is 63.5 Å².